The summed E-state index contributed by atoms with van der Waals surface area (Å²) in [4.78, 5) is 0. The molecule has 0 fully saturated rings. The summed E-state index contributed by atoms with van der Waals surface area (Å²) in [5.74, 6) is 0.776. The highest BCUT2D eigenvalue weighted by molar-refractivity contribution is 6.31. The van der Waals surface area contributed by atoms with E-state index in [1.165, 1.54) is 0 Å². The van der Waals surface area contributed by atoms with Crippen molar-refractivity contribution in [1.82, 2.24) is 5.32 Å². The highest BCUT2D eigenvalue weighted by Crippen LogP contribution is 2.22. The molecule has 2 atom stereocenters. The van der Waals surface area contributed by atoms with Gasteiger partial charge in [-0.1, -0.05) is 41.9 Å². The van der Waals surface area contributed by atoms with Gasteiger partial charge in [0.25, 0.3) is 0 Å². The minimum atomic E-state index is -0.578. The van der Waals surface area contributed by atoms with Gasteiger partial charge in [0.2, 0.25) is 0 Å². The van der Waals surface area contributed by atoms with Gasteiger partial charge in [-0.15, -0.1) is 0 Å². The molecule has 0 saturated heterocycles. The fourth-order valence-corrected chi connectivity index (χ4v) is 2.50. The van der Waals surface area contributed by atoms with Crippen LogP contribution < -0.4 is 10.1 Å². The van der Waals surface area contributed by atoms with E-state index >= 15 is 0 Å². The van der Waals surface area contributed by atoms with Gasteiger partial charge in [-0.3, -0.25) is 0 Å². The van der Waals surface area contributed by atoms with E-state index < -0.39 is 6.10 Å². The molecular weight excluding hydrogens is 298 g/mol. The number of rotatable bonds is 7. The zero-order chi connectivity index (χ0) is 15.9. The van der Waals surface area contributed by atoms with E-state index in [1.807, 2.05) is 62.4 Å². The fourth-order valence-electron chi connectivity index (χ4n) is 2.21. The number of benzene rings is 2. The quantitative estimate of drug-likeness (QED) is 0.817. The lowest BCUT2D eigenvalue weighted by Gasteiger charge is -2.19. The summed E-state index contributed by atoms with van der Waals surface area (Å²) in [5, 5.41) is 14.0. The second-order valence-electron chi connectivity index (χ2n) is 5.43. The molecule has 4 heteroatoms. The first-order valence-electron chi connectivity index (χ1n) is 7.41. The Hall–Kier alpha value is -1.55. The summed E-state index contributed by atoms with van der Waals surface area (Å²) < 4.78 is 5.59. The van der Waals surface area contributed by atoms with E-state index in [0.717, 1.165) is 21.9 Å². The topological polar surface area (TPSA) is 41.5 Å². The Labute approximate surface area is 136 Å². The number of ether oxygens (including phenoxy) is 1. The first kappa shape index (κ1) is 16.8. The Kier molecular flexibility index (Phi) is 6.25. The van der Waals surface area contributed by atoms with Crippen LogP contribution in [-0.2, 0) is 0 Å². The van der Waals surface area contributed by atoms with Crippen LogP contribution in [0.25, 0.3) is 0 Å². The highest BCUT2D eigenvalue weighted by Gasteiger charge is 2.11. The number of hydrogen-bond donors (Lipinski definition) is 2. The van der Waals surface area contributed by atoms with E-state index in [4.69, 9.17) is 16.3 Å². The van der Waals surface area contributed by atoms with Crippen molar-refractivity contribution in [2.24, 2.45) is 0 Å². The Bertz CT molecular complexity index is 603. The molecule has 0 heterocycles. The number of aliphatic hydroxyl groups excluding tert-OH is 1. The van der Waals surface area contributed by atoms with Crippen molar-refractivity contribution in [1.29, 1.82) is 0 Å². The lowest BCUT2D eigenvalue weighted by atomic mass is 10.1. The van der Waals surface area contributed by atoms with Crippen LogP contribution in [0.5, 0.6) is 5.75 Å². The van der Waals surface area contributed by atoms with Gasteiger partial charge in [0.05, 0.1) is 0 Å². The van der Waals surface area contributed by atoms with E-state index in [0.29, 0.717) is 6.54 Å². The Balaban J connectivity index is 1.78. The molecule has 0 radical (unpaired) electrons. The van der Waals surface area contributed by atoms with Crippen LogP contribution in [0.2, 0.25) is 5.02 Å². The minimum absolute atomic E-state index is 0.0716. The summed E-state index contributed by atoms with van der Waals surface area (Å²) in [6.07, 6.45) is -0.578. The van der Waals surface area contributed by atoms with Gasteiger partial charge >= 0.3 is 0 Å². The maximum Gasteiger partial charge on any atom is 0.119 e. The molecule has 118 valence electrons. The third kappa shape index (κ3) is 5.02. The third-order valence-electron chi connectivity index (χ3n) is 3.46. The maximum absolute atomic E-state index is 10.0. The zero-order valence-electron chi connectivity index (χ0n) is 12.9. The zero-order valence-corrected chi connectivity index (χ0v) is 13.7. The summed E-state index contributed by atoms with van der Waals surface area (Å²) in [6, 6.07) is 15.6. The molecule has 0 saturated carbocycles. The van der Waals surface area contributed by atoms with Crippen LogP contribution in [-0.4, -0.2) is 24.4 Å². The predicted molar refractivity (Wildman–Crippen MR) is 90.6 cm³/mol. The molecule has 0 bridgehead atoms. The number of aryl methyl sites for hydroxylation is 1. The van der Waals surface area contributed by atoms with Gasteiger partial charge < -0.3 is 15.2 Å². The number of aliphatic hydroxyl groups is 1. The number of nitrogens with one attached hydrogen (secondary N) is 1. The van der Waals surface area contributed by atoms with Crippen LogP contribution >= 0.6 is 11.6 Å². The van der Waals surface area contributed by atoms with Crippen molar-refractivity contribution < 1.29 is 9.84 Å². The lowest BCUT2D eigenvalue weighted by Crippen LogP contribution is -2.33. The SMILES string of the molecule is Cc1cccc(OCC(O)CNC(C)c2ccccc2Cl)c1. The second kappa shape index (κ2) is 8.18. The highest BCUT2D eigenvalue weighted by atomic mass is 35.5. The van der Waals surface area contributed by atoms with Crippen molar-refractivity contribution >= 4 is 11.6 Å². The van der Waals surface area contributed by atoms with E-state index in [2.05, 4.69) is 5.32 Å². The van der Waals surface area contributed by atoms with Crippen LogP contribution in [0.1, 0.15) is 24.1 Å². The molecule has 22 heavy (non-hydrogen) atoms. The van der Waals surface area contributed by atoms with Crippen molar-refractivity contribution in [2.45, 2.75) is 26.0 Å². The standard InChI is InChI=1S/C18H22ClNO2/c1-13-6-5-7-16(10-13)22-12-15(21)11-20-14(2)17-8-3-4-9-18(17)19/h3-10,14-15,20-21H,11-12H2,1-2H3. The van der Waals surface area contributed by atoms with Gasteiger partial charge in [-0.2, -0.15) is 0 Å². The summed E-state index contributed by atoms with van der Waals surface area (Å²) in [5.41, 5.74) is 2.16. The van der Waals surface area contributed by atoms with Crippen molar-refractivity contribution in [2.75, 3.05) is 13.2 Å². The van der Waals surface area contributed by atoms with Gasteiger partial charge in [-0.25, -0.2) is 0 Å². The number of halogens is 1. The monoisotopic (exact) mass is 319 g/mol. The van der Waals surface area contributed by atoms with Crippen molar-refractivity contribution in [3.8, 4) is 5.75 Å². The molecule has 0 amide bonds. The van der Waals surface area contributed by atoms with E-state index in [-0.39, 0.29) is 12.6 Å². The van der Waals surface area contributed by atoms with Crippen molar-refractivity contribution in [3.63, 3.8) is 0 Å². The molecule has 2 unspecified atom stereocenters. The Morgan fingerprint density at radius 1 is 1.18 bits per heavy atom. The molecule has 2 N–H and O–H groups in total. The fraction of sp³-hybridized carbons (Fsp3) is 0.333. The van der Waals surface area contributed by atoms with Crippen molar-refractivity contribution in [3.05, 3.63) is 64.7 Å². The molecule has 2 aromatic rings. The summed E-state index contributed by atoms with van der Waals surface area (Å²) in [6.45, 7) is 4.73. The first-order chi connectivity index (χ1) is 10.6. The van der Waals surface area contributed by atoms with Crippen LogP contribution in [0.15, 0.2) is 48.5 Å². The molecule has 2 aromatic carbocycles. The molecule has 0 aliphatic rings. The normalized spacial score (nSPS) is 13.6. The molecule has 0 aliphatic carbocycles. The van der Waals surface area contributed by atoms with Gasteiger partial charge in [0.15, 0.2) is 0 Å². The molecule has 3 nitrogen and oxygen atoms in total. The third-order valence-corrected chi connectivity index (χ3v) is 3.81. The van der Waals surface area contributed by atoms with Gasteiger partial charge in [0.1, 0.15) is 18.5 Å². The molecule has 0 aliphatic heterocycles. The van der Waals surface area contributed by atoms with E-state index in [9.17, 15) is 5.11 Å². The van der Waals surface area contributed by atoms with Crippen LogP contribution in [0, 0.1) is 6.92 Å². The largest absolute Gasteiger partial charge is 0.491 e. The lowest BCUT2D eigenvalue weighted by molar-refractivity contribution is 0.104. The van der Waals surface area contributed by atoms with E-state index in [1.54, 1.807) is 0 Å². The minimum Gasteiger partial charge on any atom is -0.491 e. The van der Waals surface area contributed by atoms with Gasteiger partial charge in [0, 0.05) is 17.6 Å². The Morgan fingerprint density at radius 3 is 2.68 bits per heavy atom. The number of hydrogen-bond acceptors (Lipinski definition) is 3. The Morgan fingerprint density at radius 2 is 1.95 bits per heavy atom. The smallest absolute Gasteiger partial charge is 0.119 e. The summed E-state index contributed by atoms with van der Waals surface area (Å²) >= 11 is 6.16. The predicted octanol–water partition coefficient (Wildman–Crippen LogP) is 3.74. The summed E-state index contributed by atoms with van der Waals surface area (Å²) in [7, 11) is 0. The molecule has 2 rings (SSSR count). The average molecular weight is 320 g/mol. The first-order valence-corrected chi connectivity index (χ1v) is 7.79. The molecular formula is C18H22ClNO2. The molecule has 0 aromatic heterocycles. The average Bonchev–Trinajstić information content (AvgIpc) is 2.51. The second-order valence-corrected chi connectivity index (χ2v) is 5.84. The maximum atomic E-state index is 10.0. The molecule has 0 spiro atoms. The van der Waals surface area contributed by atoms with Crippen LogP contribution in [0.4, 0.5) is 0 Å². The van der Waals surface area contributed by atoms with Gasteiger partial charge in [-0.05, 0) is 43.2 Å². The van der Waals surface area contributed by atoms with Crippen LogP contribution in [0.3, 0.4) is 0 Å².